The van der Waals surface area contributed by atoms with Gasteiger partial charge in [0.25, 0.3) is 5.91 Å². The quantitative estimate of drug-likeness (QED) is 0.724. The Morgan fingerprint density at radius 1 is 1.04 bits per heavy atom. The number of hydrogen-bond donors (Lipinski definition) is 3. The van der Waals surface area contributed by atoms with Crippen LogP contribution in [-0.2, 0) is 13.2 Å². The fraction of sp³-hybridized carbons (Fsp3) is 0.350. The Labute approximate surface area is 153 Å². The number of hydrogen-bond acceptors (Lipinski definition) is 5. The van der Waals surface area contributed by atoms with Crippen LogP contribution in [0.1, 0.15) is 27.0 Å². The van der Waals surface area contributed by atoms with Gasteiger partial charge < -0.3 is 25.7 Å². The molecule has 1 aliphatic heterocycles. The minimum absolute atomic E-state index is 0.000839. The third kappa shape index (κ3) is 3.52. The summed E-state index contributed by atoms with van der Waals surface area (Å²) in [5.74, 6) is -0.104. The lowest BCUT2D eigenvalue weighted by atomic mass is 10.0. The highest BCUT2D eigenvalue weighted by Crippen LogP contribution is 2.24. The first-order valence-corrected chi connectivity index (χ1v) is 8.78. The Bertz CT molecular complexity index is 799. The molecule has 6 heteroatoms. The Hall–Kier alpha value is -2.57. The lowest BCUT2D eigenvalue weighted by Crippen LogP contribution is -2.49. The number of carbonyl (C=O) groups excluding carboxylic acids is 1. The number of benzene rings is 2. The average molecular weight is 355 g/mol. The number of aryl methyl sites for hydroxylation is 1. The summed E-state index contributed by atoms with van der Waals surface area (Å²) in [6.07, 6.45) is 0. The first kappa shape index (κ1) is 18.2. The number of nitrogens with two attached hydrogens (primary N) is 1. The molecule has 1 aliphatic rings. The van der Waals surface area contributed by atoms with E-state index in [2.05, 4.69) is 4.90 Å². The highest BCUT2D eigenvalue weighted by molar-refractivity contribution is 5.99. The number of aliphatic hydroxyl groups excluding tert-OH is 2. The molecule has 26 heavy (non-hydrogen) atoms. The molecule has 0 spiro atoms. The molecule has 4 N–H and O–H groups in total. The molecule has 0 atom stereocenters. The topological polar surface area (TPSA) is 90.0 Å². The average Bonchev–Trinajstić information content (AvgIpc) is 2.68. The van der Waals surface area contributed by atoms with Gasteiger partial charge in [0.05, 0.1) is 18.8 Å². The Balaban J connectivity index is 1.73. The van der Waals surface area contributed by atoms with Crippen LogP contribution in [0.3, 0.4) is 0 Å². The van der Waals surface area contributed by atoms with E-state index >= 15 is 0 Å². The van der Waals surface area contributed by atoms with Crippen molar-refractivity contribution in [2.45, 2.75) is 20.1 Å². The first-order chi connectivity index (χ1) is 12.5. The van der Waals surface area contributed by atoms with Crippen LogP contribution >= 0.6 is 0 Å². The molecule has 0 aromatic heterocycles. The van der Waals surface area contributed by atoms with Crippen molar-refractivity contribution in [3.8, 4) is 0 Å². The number of amides is 1. The first-order valence-electron chi connectivity index (χ1n) is 8.78. The van der Waals surface area contributed by atoms with E-state index in [1.165, 1.54) is 0 Å². The van der Waals surface area contributed by atoms with E-state index in [1.807, 2.05) is 31.2 Å². The van der Waals surface area contributed by atoms with Crippen molar-refractivity contribution in [3.63, 3.8) is 0 Å². The van der Waals surface area contributed by atoms with Crippen molar-refractivity contribution in [1.82, 2.24) is 4.90 Å². The van der Waals surface area contributed by atoms with Gasteiger partial charge in [-0.3, -0.25) is 4.79 Å². The molecule has 2 aromatic rings. The van der Waals surface area contributed by atoms with Gasteiger partial charge in [0.1, 0.15) is 0 Å². The van der Waals surface area contributed by atoms with Crippen LogP contribution in [0.2, 0.25) is 0 Å². The fourth-order valence-corrected chi connectivity index (χ4v) is 3.40. The predicted molar refractivity (Wildman–Crippen MR) is 102 cm³/mol. The summed E-state index contributed by atoms with van der Waals surface area (Å²) >= 11 is 0. The summed E-state index contributed by atoms with van der Waals surface area (Å²) in [6.45, 7) is 4.31. The highest BCUT2D eigenvalue weighted by Gasteiger charge is 2.25. The molecule has 6 nitrogen and oxygen atoms in total. The molecule has 1 heterocycles. The monoisotopic (exact) mass is 355 g/mol. The molecule has 2 aromatic carbocycles. The maximum absolute atomic E-state index is 12.9. The van der Waals surface area contributed by atoms with E-state index in [4.69, 9.17) is 5.73 Å². The molecular weight excluding hydrogens is 330 g/mol. The van der Waals surface area contributed by atoms with Gasteiger partial charge in [0.2, 0.25) is 0 Å². The van der Waals surface area contributed by atoms with Crippen LogP contribution in [0.25, 0.3) is 0 Å². The number of nitrogen functional groups attached to an aromatic ring is 1. The van der Waals surface area contributed by atoms with E-state index in [-0.39, 0.29) is 19.1 Å². The highest BCUT2D eigenvalue weighted by atomic mass is 16.3. The van der Waals surface area contributed by atoms with Gasteiger partial charge in [-0.2, -0.15) is 0 Å². The van der Waals surface area contributed by atoms with Gasteiger partial charge in [-0.05, 0) is 36.2 Å². The van der Waals surface area contributed by atoms with Gasteiger partial charge in [0, 0.05) is 43.1 Å². The maximum atomic E-state index is 12.9. The summed E-state index contributed by atoms with van der Waals surface area (Å²) in [6, 6.07) is 11.2. The van der Waals surface area contributed by atoms with Gasteiger partial charge in [-0.15, -0.1) is 0 Å². The van der Waals surface area contributed by atoms with Gasteiger partial charge in [-0.25, -0.2) is 0 Å². The van der Waals surface area contributed by atoms with Crippen molar-refractivity contribution in [2.75, 3.05) is 36.8 Å². The van der Waals surface area contributed by atoms with E-state index in [0.29, 0.717) is 37.4 Å². The number of carbonyl (C=O) groups is 1. The molecule has 138 valence electrons. The largest absolute Gasteiger partial charge is 0.398 e. The summed E-state index contributed by atoms with van der Waals surface area (Å²) in [5.41, 5.74) is 10.4. The third-order valence-corrected chi connectivity index (χ3v) is 4.98. The second-order valence-corrected chi connectivity index (χ2v) is 6.59. The van der Waals surface area contributed by atoms with Crippen molar-refractivity contribution >= 4 is 17.3 Å². The van der Waals surface area contributed by atoms with Crippen LogP contribution in [0.15, 0.2) is 36.4 Å². The minimum atomic E-state index is -0.113. The molecule has 0 bridgehead atoms. The van der Waals surface area contributed by atoms with Crippen LogP contribution in [-0.4, -0.2) is 47.2 Å². The number of para-hydroxylation sites is 1. The second kappa shape index (κ2) is 7.76. The Morgan fingerprint density at radius 2 is 1.69 bits per heavy atom. The smallest absolute Gasteiger partial charge is 0.256 e. The predicted octanol–water partition coefficient (Wildman–Crippen LogP) is 1.52. The Morgan fingerprint density at radius 3 is 2.35 bits per heavy atom. The van der Waals surface area contributed by atoms with Crippen molar-refractivity contribution in [1.29, 1.82) is 0 Å². The molecule has 1 saturated heterocycles. The lowest BCUT2D eigenvalue weighted by Gasteiger charge is -2.37. The number of piperazine rings is 1. The van der Waals surface area contributed by atoms with Crippen molar-refractivity contribution in [3.05, 3.63) is 58.7 Å². The summed E-state index contributed by atoms with van der Waals surface area (Å²) in [4.78, 5) is 16.9. The molecular formula is C20H25N3O3. The van der Waals surface area contributed by atoms with Gasteiger partial charge in [0.15, 0.2) is 0 Å². The zero-order valence-electron chi connectivity index (χ0n) is 15.0. The SMILES string of the molecule is Cc1cc(N)c(C(=O)N2CCN(c3ccccc3CO)CC2)cc1CO. The van der Waals surface area contributed by atoms with E-state index in [1.54, 1.807) is 17.0 Å². The van der Waals surface area contributed by atoms with Crippen LogP contribution < -0.4 is 10.6 Å². The normalized spacial score (nSPS) is 14.6. The molecule has 1 amide bonds. The summed E-state index contributed by atoms with van der Waals surface area (Å²) < 4.78 is 0. The summed E-state index contributed by atoms with van der Waals surface area (Å²) in [5, 5.41) is 19.0. The standard InChI is InChI=1S/C20H25N3O3/c1-14-10-18(21)17(11-16(14)13-25)20(26)23-8-6-22(7-9-23)19-5-3-2-4-15(19)12-24/h2-5,10-11,24-25H,6-9,12-13,21H2,1H3. The van der Waals surface area contributed by atoms with Crippen molar-refractivity contribution < 1.29 is 15.0 Å². The molecule has 0 saturated carbocycles. The fourth-order valence-electron chi connectivity index (χ4n) is 3.40. The second-order valence-electron chi connectivity index (χ2n) is 6.59. The zero-order valence-corrected chi connectivity index (χ0v) is 15.0. The van der Waals surface area contributed by atoms with E-state index in [0.717, 1.165) is 22.4 Å². The van der Waals surface area contributed by atoms with Gasteiger partial charge >= 0.3 is 0 Å². The zero-order chi connectivity index (χ0) is 18.7. The van der Waals surface area contributed by atoms with E-state index in [9.17, 15) is 15.0 Å². The molecule has 1 fully saturated rings. The molecule has 0 aliphatic carbocycles. The lowest BCUT2D eigenvalue weighted by molar-refractivity contribution is 0.0747. The third-order valence-electron chi connectivity index (χ3n) is 4.98. The number of anilines is 2. The number of nitrogens with zero attached hydrogens (tertiary/aromatic N) is 2. The molecule has 3 rings (SSSR count). The maximum Gasteiger partial charge on any atom is 0.256 e. The van der Waals surface area contributed by atoms with Crippen molar-refractivity contribution in [2.24, 2.45) is 0 Å². The van der Waals surface area contributed by atoms with E-state index < -0.39 is 0 Å². The molecule has 0 radical (unpaired) electrons. The Kier molecular flexibility index (Phi) is 5.44. The van der Waals surface area contributed by atoms with Crippen LogP contribution in [0.4, 0.5) is 11.4 Å². The molecule has 0 unspecified atom stereocenters. The number of aliphatic hydroxyl groups is 2. The van der Waals surface area contributed by atoms with Crippen LogP contribution in [0.5, 0.6) is 0 Å². The van der Waals surface area contributed by atoms with Crippen LogP contribution in [0, 0.1) is 6.92 Å². The minimum Gasteiger partial charge on any atom is -0.398 e. The number of rotatable bonds is 4. The van der Waals surface area contributed by atoms with Gasteiger partial charge in [-0.1, -0.05) is 18.2 Å². The summed E-state index contributed by atoms with van der Waals surface area (Å²) in [7, 11) is 0.